The van der Waals surface area contributed by atoms with E-state index in [9.17, 15) is 9.18 Å². The molecule has 0 amide bonds. The van der Waals surface area contributed by atoms with Crippen molar-refractivity contribution in [2.24, 2.45) is 0 Å². The predicted octanol–water partition coefficient (Wildman–Crippen LogP) is 2.74. The molecule has 0 spiro atoms. The van der Waals surface area contributed by atoms with E-state index in [0.717, 1.165) is 24.2 Å². The summed E-state index contributed by atoms with van der Waals surface area (Å²) in [4.78, 5) is 12.6. The van der Waals surface area contributed by atoms with Gasteiger partial charge in [-0.25, -0.2) is 4.39 Å². The van der Waals surface area contributed by atoms with Gasteiger partial charge < -0.3 is 4.57 Å². The molecular formula is C17H17FN4O. The van der Waals surface area contributed by atoms with Crippen molar-refractivity contribution in [1.82, 2.24) is 19.2 Å². The maximum Gasteiger partial charge on any atom is 0.296 e. The van der Waals surface area contributed by atoms with Gasteiger partial charge in [-0.05, 0) is 30.5 Å². The lowest BCUT2D eigenvalue weighted by Gasteiger charge is -2.09. The number of hydrogen-bond acceptors (Lipinski definition) is 3. The number of fused-ring (bicyclic) bond motifs is 1. The molecule has 0 radical (unpaired) electrons. The lowest BCUT2D eigenvalue weighted by atomic mass is 10.1. The predicted molar refractivity (Wildman–Crippen MR) is 84.0 cm³/mol. The topological polar surface area (TPSA) is 52.2 Å². The van der Waals surface area contributed by atoms with Gasteiger partial charge in [0.1, 0.15) is 11.6 Å². The highest BCUT2D eigenvalue weighted by Crippen LogP contribution is 2.32. The van der Waals surface area contributed by atoms with Gasteiger partial charge in [-0.2, -0.15) is 0 Å². The number of rotatable bonds is 3. The Morgan fingerprint density at radius 3 is 2.78 bits per heavy atom. The maximum absolute atomic E-state index is 13.3. The van der Waals surface area contributed by atoms with Crippen LogP contribution >= 0.6 is 0 Å². The Labute approximate surface area is 132 Å². The van der Waals surface area contributed by atoms with E-state index in [4.69, 9.17) is 0 Å². The SMILES string of the molecule is O=c1c2nnc(C3CCCC3)n2ccn1Cc1cccc(F)c1. The second kappa shape index (κ2) is 5.61. The van der Waals surface area contributed by atoms with Crippen molar-refractivity contribution in [1.29, 1.82) is 0 Å². The number of benzene rings is 1. The molecule has 3 aromatic rings. The largest absolute Gasteiger partial charge is 0.306 e. The molecule has 1 aliphatic rings. The van der Waals surface area contributed by atoms with Crippen molar-refractivity contribution in [2.45, 2.75) is 38.1 Å². The standard InChI is InChI=1S/C17H17FN4O/c18-14-7-3-4-12(10-14)11-21-8-9-22-15(13-5-1-2-6-13)19-20-16(22)17(21)23/h3-4,7-10,13H,1-2,5-6,11H2. The summed E-state index contributed by atoms with van der Waals surface area (Å²) >= 11 is 0. The van der Waals surface area contributed by atoms with Crippen LogP contribution in [0.25, 0.3) is 5.65 Å². The van der Waals surface area contributed by atoms with Crippen LogP contribution in [-0.4, -0.2) is 19.2 Å². The van der Waals surface area contributed by atoms with Gasteiger partial charge in [-0.15, -0.1) is 10.2 Å². The fourth-order valence-corrected chi connectivity index (χ4v) is 3.36. The first-order chi connectivity index (χ1) is 11.2. The third kappa shape index (κ3) is 2.54. The van der Waals surface area contributed by atoms with Crippen LogP contribution in [0.4, 0.5) is 4.39 Å². The monoisotopic (exact) mass is 312 g/mol. The molecule has 0 saturated heterocycles. The minimum Gasteiger partial charge on any atom is -0.306 e. The van der Waals surface area contributed by atoms with Crippen LogP contribution in [0.5, 0.6) is 0 Å². The lowest BCUT2D eigenvalue weighted by molar-refractivity contribution is 0.622. The molecule has 0 N–H and O–H groups in total. The molecule has 0 aliphatic heterocycles. The van der Waals surface area contributed by atoms with Gasteiger partial charge in [-0.1, -0.05) is 25.0 Å². The molecule has 1 saturated carbocycles. The summed E-state index contributed by atoms with van der Waals surface area (Å²) in [5, 5.41) is 8.33. The summed E-state index contributed by atoms with van der Waals surface area (Å²) in [6.45, 7) is 0.318. The van der Waals surface area contributed by atoms with E-state index in [0.29, 0.717) is 18.1 Å². The Hall–Kier alpha value is -2.50. The Kier molecular flexibility index (Phi) is 3.44. The molecule has 1 aromatic carbocycles. The summed E-state index contributed by atoms with van der Waals surface area (Å²) in [5.74, 6) is 0.971. The molecule has 1 aliphatic carbocycles. The van der Waals surface area contributed by atoms with E-state index in [-0.39, 0.29) is 11.4 Å². The highest BCUT2D eigenvalue weighted by atomic mass is 19.1. The van der Waals surface area contributed by atoms with Crippen LogP contribution in [0.2, 0.25) is 0 Å². The van der Waals surface area contributed by atoms with Crippen molar-refractivity contribution in [3.8, 4) is 0 Å². The number of halogens is 1. The van der Waals surface area contributed by atoms with Crippen LogP contribution in [0.15, 0.2) is 41.5 Å². The minimum atomic E-state index is -0.303. The lowest BCUT2D eigenvalue weighted by Crippen LogP contribution is -2.22. The highest BCUT2D eigenvalue weighted by molar-refractivity contribution is 5.36. The molecule has 1 fully saturated rings. The Bertz CT molecular complexity index is 908. The van der Waals surface area contributed by atoms with Crippen molar-refractivity contribution in [2.75, 3.05) is 0 Å². The maximum atomic E-state index is 13.3. The molecule has 118 valence electrons. The van der Waals surface area contributed by atoms with E-state index in [2.05, 4.69) is 10.2 Å². The fourth-order valence-electron chi connectivity index (χ4n) is 3.36. The molecule has 2 heterocycles. The van der Waals surface area contributed by atoms with Crippen molar-refractivity contribution in [3.05, 3.63) is 64.2 Å². The zero-order valence-electron chi connectivity index (χ0n) is 12.7. The molecule has 0 unspecified atom stereocenters. The molecule has 0 atom stereocenters. The number of aromatic nitrogens is 4. The first kappa shape index (κ1) is 14.1. The van der Waals surface area contributed by atoms with Crippen LogP contribution in [0, 0.1) is 5.82 Å². The molecule has 6 heteroatoms. The summed E-state index contributed by atoms with van der Waals surface area (Å²) in [6, 6.07) is 6.27. The second-order valence-corrected chi connectivity index (χ2v) is 6.09. The molecule has 4 rings (SSSR count). The zero-order valence-corrected chi connectivity index (χ0v) is 12.7. The van der Waals surface area contributed by atoms with E-state index < -0.39 is 0 Å². The number of hydrogen-bond donors (Lipinski definition) is 0. The quantitative estimate of drug-likeness (QED) is 0.747. The minimum absolute atomic E-state index is 0.200. The third-order valence-corrected chi connectivity index (χ3v) is 4.53. The first-order valence-corrected chi connectivity index (χ1v) is 7.91. The van der Waals surface area contributed by atoms with Gasteiger partial charge in [0.05, 0.1) is 6.54 Å². The van der Waals surface area contributed by atoms with Crippen LogP contribution in [-0.2, 0) is 6.54 Å². The van der Waals surface area contributed by atoms with Gasteiger partial charge in [0.2, 0.25) is 5.65 Å². The normalized spacial score (nSPS) is 15.5. The third-order valence-electron chi connectivity index (χ3n) is 4.53. The first-order valence-electron chi connectivity index (χ1n) is 7.91. The van der Waals surface area contributed by atoms with Crippen molar-refractivity contribution < 1.29 is 4.39 Å². The number of nitrogens with zero attached hydrogens (tertiary/aromatic N) is 4. The highest BCUT2D eigenvalue weighted by Gasteiger charge is 2.23. The van der Waals surface area contributed by atoms with Gasteiger partial charge in [0, 0.05) is 18.3 Å². The average molecular weight is 312 g/mol. The van der Waals surface area contributed by atoms with Crippen LogP contribution in [0.3, 0.4) is 0 Å². The molecule has 0 bridgehead atoms. The molecular weight excluding hydrogens is 295 g/mol. The van der Waals surface area contributed by atoms with Gasteiger partial charge in [0.15, 0.2) is 0 Å². The van der Waals surface area contributed by atoms with Crippen molar-refractivity contribution >= 4 is 5.65 Å². The summed E-state index contributed by atoms with van der Waals surface area (Å²) in [5.41, 5.74) is 0.881. The van der Waals surface area contributed by atoms with E-state index in [1.165, 1.54) is 29.5 Å². The second-order valence-electron chi connectivity index (χ2n) is 6.09. The van der Waals surface area contributed by atoms with Gasteiger partial charge in [-0.3, -0.25) is 9.20 Å². The van der Waals surface area contributed by atoms with E-state index in [1.807, 2.05) is 6.20 Å². The summed E-state index contributed by atoms with van der Waals surface area (Å²) in [6.07, 6.45) is 8.18. The summed E-state index contributed by atoms with van der Waals surface area (Å²) < 4.78 is 16.6. The van der Waals surface area contributed by atoms with Crippen molar-refractivity contribution in [3.63, 3.8) is 0 Å². The zero-order chi connectivity index (χ0) is 15.8. The Balaban J connectivity index is 1.72. The van der Waals surface area contributed by atoms with E-state index in [1.54, 1.807) is 22.7 Å². The van der Waals surface area contributed by atoms with Gasteiger partial charge in [0.25, 0.3) is 5.56 Å². The smallest absolute Gasteiger partial charge is 0.296 e. The Morgan fingerprint density at radius 2 is 2.00 bits per heavy atom. The molecule has 2 aromatic heterocycles. The Morgan fingerprint density at radius 1 is 1.17 bits per heavy atom. The van der Waals surface area contributed by atoms with Gasteiger partial charge >= 0.3 is 0 Å². The molecule has 5 nitrogen and oxygen atoms in total. The van der Waals surface area contributed by atoms with Crippen LogP contribution in [0.1, 0.15) is 43.0 Å². The summed E-state index contributed by atoms with van der Waals surface area (Å²) in [7, 11) is 0. The average Bonchev–Trinajstić information content (AvgIpc) is 3.19. The molecule has 23 heavy (non-hydrogen) atoms. The van der Waals surface area contributed by atoms with E-state index >= 15 is 0 Å². The van der Waals surface area contributed by atoms with Crippen LogP contribution < -0.4 is 5.56 Å². The fraction of sp³-hybridized carbons (Fsp3) is 0.353.